The normalized spacial score (nSPS) is 20.8. The number of hydrogen-bond donors (Lipinski definition) is 0. The number of allylic oxidation sites excluding steroid dienone is 1. The Morgan fingerprint density at radius 1 is 1.17 bits per heavy atom. The summed E-state index contributed by atoms with van der Waals surface area (Å²) in [5.74, 6) is 0.233. The average molecular weight is 344 g/mol. The molecule has 24 heavy (non-hydrogen) atoms. The lowest BCUT2D eigenvalue weighted by molar-refractivity contribution is -0.128. The summed E-state index contributed by atoms with van der Waals surface area (Å²) in [6.07, 6.45) is 8.36. The van der Waals surface area contributed by atoms with E-state index in [-0.39, 0.29) is 11.8 Å². The Bertz CT molecular complexity index is 784. The largest absolute Gasteiger partial charge is 0.338 e. The zero-order chi connectivity index (χ0) is 16.7. The maximum atomic E-state index is 12.7. The van der Waals surface area contributed by atoms with E-state index in [0.717, 1.165) is 46.8 Å². The van der Waals surface area contributed by atoms with Crippen molar-refractivity contribution >= 4 is 29.1 Å². The zero-order valence-electron chi connectivity index (χ0n) is 13.3. The van der Waals surface area contributed by atoms with Crippen molar-refractivity contribution in [1.82, 2.24) is 9.88 Å². The predicted octanol–water partition coefficient (Wildman–Crippen LogP) is 2.76. The Labute approximate surface area is 145 Å². The van der Waals surface area contributed by atoms with Crippen molar-refractivity contribution in [2.24, 2.45) is 0 Å². The van der Waals surface area contributed by atoms with Gasteiger partial charge in [0, 0.05) is 36.3 Å². The van der Waals surface area contributed by atoms with Gasteiger partial charge in [0.05, 0.1) is 18.4 Å². The van der Waals surface area contributed by atoms with E-state index in [1.807, 2.05) is 17.0 Å². The van der Waals surface area contributed by atoms with Crippen LogP contribution in [-0.4, -0.2) is 34.8 Å². The minimum absolute atomic E-state index is 0.0432. The van der Waals surface area contributed by atoms with Gasteiger partial charge in [-0.15, -0.1) is 0 Å². The second-order valence-electron chi connectivity index (χ2n) is 6.46. The van der Waals surface area contributed by atoms with Crippen LogP contribution in [0.2, 0.25) is 0 Å². The summed E-state index contributed by atoms with van der Waals surface area (Å²) >= 11 is 6.11. The lowest BCUT2D eigenvalue weighted by Crippen LogP contribution is -2.27. The minimum Gasteiger partial charge on any atom is -0.338 e. The molecule has 1 aromatic rings. The van der Waals surface area contributed by atoms with Crippen LogP contribution in [0.4, 0.5) is 5.69 Å². The highest BCUT2D eigenvalue weighted by Gasteiger charge is 2.32. The van der Waals surface area contributed by atoms with Crippen molar-refractivity contribution in [3.8, 4) is 0 Å². The predicted molar refractivity (Wildman–Crippen MR) is 91.4 cm³/mol. The van der Waals surface area contributed by atoms with E-state index in [0.29, 0.717) is 25.9 Å². The third-order valence-corrected chi connectivity index (χ3v) is 5.10. The van der Waals surface area contributed by atoms with Crippen molar-refractivity contribution in [2.75, 3.05) is 18.0 Å². The molecule has 0 unspecified atom stereocenters. The van der Waals surface area contributed by atoms with Gasteiger partial charge in [0.15, 0.2) is 0 Å². The summed E-state index contributed by atoms with van der Waals surface area (Å²) < 4.78 is 0. The molecule has 0 atom stereocenters. The van der Waals surface area contributed by atoms with Crippen LogP contribution < -0.4 is 4.90 Å². The number of aromatic nitrogens is 1. The Hall–Kier alpha value is -2.14. The van der Waals surface area contributed by atoms with Crippen LogP contribution in [-0.2, 0) is 16.1 Å². The number of pyridine rings is 1. The maximum absolute atomic E-state index is 12.7. The van der Waals surface area contributed by atoms with Gasteiger partial charge in [-0.05, 0) is 42.5 Å². The summed E-state index contributed by atoms with van der Waals surface area (Å²) in [7, 11) is 0. The second-order valence-corrected chi connectivity index (χ2v) is 6.94. The Balaban J connectivity index is 1.54. The topological polar surface area (TPSA) is 53.5 Å². The molecule has 3 aliphatic rings. The van der Waals surface area contributed by atoms with E-state index in [1.54, 1.807) is 17.3 Å². The molecule has 5 nitrogen and oxygen atoms in total. The third-order valence-electron chi connectivity index (χ3n) is 4.80. The number of carbonyl (C=O) groups is 2. The quantitative estimate of drug-likeness (QED) is 0.848. The number of anilines is 1. The summed E-state index contributed by atoms with van der Waals surface area (Å²) in [5.41, 5.74) is 3.60. The highest BCUT2D eigenvalue weighted by atomic mass is 35.5. The molecule has 0 radical (unpaired) electrons. The summed E-state index contributed by atoms with van der Waals surface area (Å²) in [6.45, 7) is 1.89. The second kappa shape index (κ2) is 6.06. The molecule has 6 heteroatoms. The standard InChI is InChI=1S/C18H18ClN3O2/c19-14-3-4-16-13(7-14)11-22(18(16)24)15-6-12(8-20-9-15)10-21-5-1-2-17(21)23/h6-9H,1-5,10-11H2. The molecule has 1 fully saturated rings. The molecule has 0 bridgehead atoms. The summed E-state index contributed by atoms with van der Waals surface area (Å²) in [6, 6.07) is 1.96. The van der Waals surface area contributed by atoms with E-state index in [1.165, 1.54) is 0 Å². The van der Waals surface area contributed by atoms with Gasteiger partial charge < -0.3 is 9.80 Å². The highest BCUT2D eigenvalue weighted by molar-refractivity contribution is 6.30. The molecule has 2 aliphatic heterocycles. The number of amides is 2. The number of halogens is 1. The fourth-order valence-corrected chi connectivity index (χ4v) is 3.78. The van der Waals surface area contributed by atoms with Crippen molar-refractivity contribution in [3.05, 3.63) is 46.3 Å². The lowest BCUT2D eigenvalue weighted by atomic mass is 10.00. The first-order chi connectivity index (χ1) is 11.6. The SMILES string of the molecule is O=C1CCCN1Cc1cncc(N2CC3=C(CCC(Cl)=C3)C2=O)c1. The van der Waals surface area contributed by atoms with Gasteiger partial charge in [-0.2, -0.15) is 0 Å². The molecule has 4 rings (SSSR count). The molecule has 1 aromatic heterocycles. The van der Waals surface area contributed by atoms with Crippen LogP contribution >= 0.6 is 11.6 Å². The minimum atomic E-state index is 0.0432. The zero-order valence-corrected chi connectivity index (χ0v) is 14.1. The van der Waals surface area contributed by atoms with Crippen LogP contribution in [0.25, 0.3) is 0 Å². The first kappa shape index (κ1) is 15.4. The van der Waals surface area contributed by atoms with Gasteiger partial charge in [-0.1, -0.05) is 11.6 Å². The average Bonchev–Trinajstić information content (AvgIpc) is 3.11. The van der Waals surface area contributed by atoms with Crippen molar-refractivity contribution in [3.63, 3.8) is 0 Å². The van der Waals surface area contributed by atoms with Crippen LogP contribution in [0.15, 0.2) is 40.7 Å². The van der Waals surface area contributed by atoms with Crippen LogP contribution in [0.3, 0.4) is 0 Å². The Kier molecular flexibility index (Phi) is 3.88. The van der Waals surface area contributed by atoms with Gasteiger partial charge in [0.2, 0.25) is 5.91 Å². The fraction of sp³-hybridized carbons (Fsp3) is 0.389. The molecule has 1 saturated heterocycles. The molecule has 0 aromatic carbocycles. The maximum Gasteiger partial charge on any atom is 0.254 e. The molecular weight excluding hydrogens is 326 g/mol. The van der Waals surface area contributed by atoms with E-state index in [4.69, 9.17) is 11.6 Å². The number of hydrogen-bond acceptors (Lipinski definition) is 3. The molecule has 1 aliphatic carbocycles. The first-order valence-corrected chi connectivity index (χ1v) is 8.61. The van der Waals surface area contributed by atoms with Crippen LogP contribution in [0.5, 0.6) is 0 Å². The highest BCUT2D eigenvalue weighted by Crippen LogP contribution is 2.34. The first-order valence-electron chi connectivity index (χ1n) is 8.23. The third kappa shape index (κ3) is 2.73. The molecule has 124 valence electrons. The molecule has 2 amide bonds. The van der Waals surface area contributed by atoms with Gasteiger partial charge in [-0.25, -0.2) is 0 Å². The molecule has 0 spiro atoms. The number of carbonyl (C=O) groups excluding carboxylic acids is 2. The van der Waals surface area contributed by atoms with Gasteiger partial charge in [0.1, 0.15) is 0 Å². The van der Waals surface area contributed by atoms with Gasteiger partial charge >= 0.3 is 0 Å². The van der Waals surface area contributed by atoms with E-state index in [9.17, 15) is 9.59 Å². The van der Waals surface area contributed by atoms with E-state index < -0.39 is 0 Å². The van der Waals surface area contributed by atoms with Crippen molar-refractivity contribution in [2.45, 2.75) is 32.2 Å². The van der Waals surface area contributed by atoms with E-state index >= 15 is 0 Å². The smallest absolute Gasteiger partial charge is 0.254 e. The number of rotatable bonds is 3. The van der Waals surface area contributed by atoms with Crippen molar-refractivity contribution in [1.29, 1.82) is 0 Å². The number of nitrogens with zero attached hydrogens (tertiary/aromatic N) is 3. The molecule has 0 saturated carbocycles. The number of likely N-dealkylation sites (tertiary alicyclic amines) is 1. The molecular formula is C18H18ClN3O2. The lowest BCUT2D eigenvalue weighted by Gasteiger charge is -2.19. The fourth-order valence-electron chi connectivity index (χ4n) is 3.55. The van der Waals surface area contributed by atoms with Crippen molar-refractivity contribution < 1.29 is 9.59 Å². The Morgan fingerprint density at radius 3 is 2.83 bits per heavy atom. The summed E-state index contributed by atoms with van der Waals surface area (Å²) in [5, 5.41) is 0.808. The summed E-state index contributed by atoms with van der Waals surface area (Å²) in [4.78, 5) is 32.3. The van der Waals surface area contributed by atoms with Crippen LogP contribution in [0.1, 0.15) is 31.2 Å². The van der Waals surface area contributed by atoms with Crippen LogP contribution in [0, 0.1) is 0 Å². The Morgan fingerprint density at radius 2 is 2.04 bits per heavy atom. The molecule has 3 heterocycles. The van der Waals surface area contributed by atoms with Gasteiger partial charge in [-0.3, -0.25) is 14.6 Å². The monoisotopic (exact) mass is 343 g/mol. The molecule has 0 N–H and O–H groups in total. The van der Waals surface area contributed by atoms with Gasteiger partial charge in [0.25, 0.3) is 5.91 Å². The van der Waals surface area contributed by atoms with E-state index in [2.05, 4.69) is 4.98 Å².